The van der Waals surface area contributed by atoms with Crippen LogP contribution in [0.1, 0.15) is 36.7 Å². The van der Waals surface area contributed by atoms with Gasteiger partial charge in [0.2, 0.25) is 0 Å². The van der Waals surface area contributed by atoms with Gasteiger partial charge in [0, 0.05) is 12.1 Å². The number of aromatic amines is 1. The third-order valence-electron chi connectivity index (χ3n) is 3.37. The van der Waals surface area contributed by atoms with Crippen LogP contribution in [-0.2, 0) is 4.79 Å². The number of carbonyl (C=O) groups is 2. The summed E-state index contributed by atoms with van der Waals surface area (Å²) in [5.41, 5.74) is 0.365. The molecule has 7 heteroatoms. The molecular weight excluding hydrogens is 298 g/mol. The van der Waals surface area contributed by atoms with E-state index in [9.17, 15) is 14.4 Å². The van der Waals surface area contributed by atoms with Crippen LogP contribution in [0.3, 0.4) is 0 Å². The number of aromatic nitrogens is 2. The van der Waals surface area contributed by atoms with Gasteiger partial charge in [-0.2, -0.15) is 0 Å². The third-order valence-corrected chi connectivity index (χ3v) is 3.37. The minimum absolute atomic E-state index is 0.102. The van der Waals surface area contributed by atoms with Crippen molar-refractivity contribution < 1.29 is 14.7 Å². The molecule has 1 heterocycles. The topological polar surface area (TPSA) is 104 Å². The highest BCUT2D eigenvalue weighted by Gasteiger charge is 2.18. The van der Waals surface area contributed by atoms with Crippen LogP contribution in [0.15, 0.2) is 41.2 Å². The van der Waals surface area contributed by atoms with Crippen molar-refractivity contribution in [2.45, 2.75) is 32.2 Å². The van der Waals surface area contributed by atoms with E-state index in [2.05, 4.69) is 10.4 Å². The highest BCUT2D eigenvalue weighted by atomic mass is 16.4. The van der Waals surface area contributed by atoms with Crippen molar-refractivity contribution in [3.8, 4) is 5.69 Å². The average molecular weight is 317 g/mol. The molecule has 3 N–H and O–H groups in total. The number of hydrogen-bond acceptors (Lipinski definition) is 3. The first-order chi connectivity index (χ1) is 11.0. The molecule has 0 aliphatic heterocycles. The molecular formula is C16H19N3O4. The Hall–Kier alpha value is -2.83. The maximum Gasteiger partial charge on any atom is 0.305 e. The average Bonchev–Trinajstić information content (AvgIpc) is 2.90. The van der Waals surface area contributed by atoms with E-state index in [0.29, 0.717) is 12.1 Å². The first-order valence-corrected chi connectivity index (χ1v) is 7.41. The second-order valence-electron chi connectivity index (χ2n) is 5.24. The minimum Gasteiger partial charge on any atom is -0.481 e. The summed E-state index contributed by atoms with van der Waals surface area (Å²) >= 11 is 0. The van der Waals surface area contributed by atoms with Gasteiger partial charge in [-0.1, -0.05) is 31.5 Å². The monoisotopic (exact) mass is 317 g/mol. The lowest BCUT2D eigenvalue weighted by Gasteiger charge is -2.15. The number of benzene rings is 1. The normalized spacial score (nSPS) is 11.9. The number of carbonyl (C=O) groups excluding carboxylic acids is 1. The number of aliphatic carboxylic acids is 1. The Morgan fingerprint density at radius 1 is 1.30 bits per heavy atom. The second-order valence-corrected chi connectivity index (χ2v) is 5.24. The molecule has 7 nitrogen and oxygen atoms in total. The summed E-state index contributed by atoms with van der Waals surface area (Å²) in [4.78, 5) is 35.0. The summed E-state index contributed by atoms with van der Waals surface area (Å²) in [7, 11) is 0. The Morgan fingerprint density at radius 3 is 2.61 bits per heavy atom. The predicted octanol–water partition coefficient (Wildman–Crippen LogP) is 1.54. The number of H-pyrrole nitrogens is 1. The number of nitrogens with one attached hydrogen (secondary N) is 2. The van der Waals surface area contributed by atoms with Gasteiger partial charge in [0.1, 0.15) is 5.69 Å². The smallest absolute Gasteiger partial charge is 0.305 e. The van der Waals surface area contributed by atoms with Gasteiger partial charge in [0.05, 0.1) is 12.1 Å². The maximum atomic E-state index is 12.2. The highest BCUT2D eigenvalue weighted by Crippen LogP contribution is 2.06. The number of carboxylic acids is 1. The molecule has 1 atom stereocenters. The van der Waals surface area contributed by atoms with Gasteiger partial charge >= 0.3 is 5.97 Å². The molecule has 2 rings (SSSR count). The first kappa shape index (κ1) is 16.5. The van der Waals surface area contributed by atoms with Gasteiger partial charge in [-0.15, -0.1) is 0 Å². The van der Waals surface area contributed by atoms with Crippen molar-refractivity contribution in [1.29, 1.82) is 0 Å². The molecule has 1 aromatic carbocycles. The molecule has 122 valence electrons. The molecule has 2 aromatic rings. The zero-order valence-corrected chi connectivity index (χ0v) is 12.8. The quantitative estimate of drug-likeness (QED) is 0.720. The van der Waals surface area contributed by atoms with Crippen LogP contribution >= 0.6 is 0 Å². The van der Waals surface area contributed by atoms with Gasteiger partial charge in [0.25, 0.3) is 11.5 Å². The summed E-state index contributed by atoms with van der Waals surface area (Å²) in [6, 6.07) is 9.61. The number of amides is 1. The van der Waals surface area contributed by atoms with Crippen molar-refractivity contribution in [3.05, 3.63) is 52.4 Å². The van der Waals surface area contributed by atoms with E-state index in [0.717, 1.165) is 6.42 Å². The molecule has 0 bridgehead atoms. The van der Waals surface area contributed by atoms with E-state index in [4.69, 9.17) is 5.11 Å². The lowest BCUT2D eigenvalue weighted by Crippen LogP contribution is -2.36. The Morgan fingerprint density at radius 2 is 2.00 bits per heavy atom. The fourth-order valence-corrected chi connectivity index (χ4v) is 2.33. The van der Waals surface area contributed by atoms with Crippen molar-refractivity contribution >= 4 is 11.9 Å². The van der Waals surface area contributed by atoms with E-state index in [1.54, 1.807) is 24.3 Å². The Labute approximate surface area is 132 Å². The van der Waals surface area contributed by atoms with Crippen LogP contribution in [0.2, 0.25) is 0 Å². The van der Waals surface area contributed by atoms with Gasteiger partial charge < -0.3 is 10.4 Å². The summed E-state index contributed by atoms with van der Waals surface area (Å²) in [5, 5.41) is 14.3. The van der Waals surface area contributed by atoms with Crippen molar-refractivity contribution in [2.24, 2.45) is 0 Å². The van der Waals surface area contributed by atoms with Crippen LogP contribution in [0.25, 0.3) is 5.69 Å². The van der Waals surface area contributed by atoms with E-state index in [1.807, 2.05) is 13.0 Å². The van der Waals surface area contributed by atoms with Crippen molar-refractivity contribution in [1.82, 2.24) is 15.1 Å². The molecule has 23 heavy (non-hydrogen) atoms. The summed E-state index contributed by atoms with van der Waals surface area (Å²) in [5.74, 6) is -1.46. The Bertz CT molecular complexity index is 733. The lowest BCUT2D eigenvalue weighted by molar-refractivity contribution is -0.137. The molecule has 0 fully saturated rings. The van der Waals surface area contributed by atoms with Crippen LogP contribution < -0.4 is 10.9 Å². The molecule has 1 aromatic heterocycles. The minimum atomic E-state index is -0.973. The molecule has 0 aliphatic rings. The molecule has 0 saturated carbocycles. The number of nitrogens with zero attached hydrogens (tertiary/aromatic N) is 1. The number of hydrogen-bond donors (Lipinski definition) is 3. The van der Waals surface area contributed by atoms with E-state index in [-0.39, 0.29) is 17.7 Å². The van der Waals surface area contributed by atoms with Crippen molar-refractivity contribution in [2.75, 3.05) is 0 Å². The zero-order valence-electron chi connectivity index (χ0n) is 12.8. The molecule has 1 amide bonds. The van der Waals surface area contributed by atoms with Crippen LogP contribution in [0.5, 0.6) is 0 Å². The SMILES string of the molecule is CCCC(CC(=O)O)NC(=O)c1cc(=O)n(-c2ccccc2)[nH]1. The van der Waals surface area contributed by atoms with E-state index < -0.39 is 17.9 Å². The fraction of sp³-hybridized carbons (Fsp3) is 0.312. The van der Waals surface area contributed by atoms with E-state index in [1.165, 1.54) is 10.7 Å². The standard InChI is InChI=1S/C16H19N3O4/c1-2-6-11(9-15(21)22)17-16(23)13-10-14(20)19(18-13)12-7-4-3-5-8-12/h3-5,7-8,10-11,18H,2,6,9H2,1H3,(H,17,23)(H,21,22). The first-order valence-electron chi connectivity index (χ1n) is 7.41. The van der Waals surface area contributed by atoms with Crippen LogP contribution in [-0.4, -0.2) is 32.8 Å². The van der Waals surface area contributed by atoms with E-state index >= 15 is 0 Å². The van der Waals surface area contributed by atoms with Crippen LogP contribution in [0, 0.1) is 0 Å². The van der Waals surface area contributed by atoms with Crippen LogP contribution in [0.4, 0.5) is 0 Å². The number of para-hydroxylation sites is 1. The molecule has 0 aliphatic carbocycles. The van der Waals surface area contributed by atoms with Gasteiger partial charge in [-0.25, -0.2) is 4.68 Å². The lowest BCUT2D eigenvalue weighted by atomic mass is 10.1. The molecule has 0 saturated heterocycles. The molecule has 1 unspecified atom stereocenters. The van der Waals surface area contributed by atoms with Gasteiger partial charge in [0.15, 0.2) is 0 Å². The summed E-state index contributed by atoms with van der Waals surface area (Å²) in [6.45, 7) is 1.91. The largest absolute Gasteiger partial charge is 0.481 e. The number of rotatable bonds is 7. The maximum absolute atomic E-state index is 12.2. The fourth-order valence-electron chi connectivity index (χ4n) is 2.33. The predicted molar refractivity (Wildman–Crippen MR) is 84.8 cm³/mol. The second kappa shape index (κ2) is 7.44. The van der Waals surface area contributed by atoms with Crippen molar-refractivity contribution in [3.63, 3.8) is 0 Å². The van der Waals surface area contributed by atoms with Gasteiger partial charge in [-0.05, 0) is 18.6 Å². The summed E-state index contributed by atoms with van der Waals surface area (Å²) in [6.07, 6.45) is 1.16. The Kier molecular flexibility index (Phi) is 5.35. The number of carboxylic acid groups (broad SMARTS) is 1. The zero-order chi connectivity index (χ0) is 16.8. The highest BCUT2D eigenvalue weighted by molar-refractivity contribution is 5.92. The molecule has 0 radical (unpaired) electrons. The van der Waals surface area contributed by atoms with Gasteiger partial charge in [-0.3, -0.25) is 19.5 Å². The summed E-state index contributed by atoms with van der Waals surface area (Å²) < 4.78 is 1.26. The molecule has 0 spiro atoms. The Balaban J connectivity index is 2.17. The third kappa shape index (κ3) is 4.32.